The Morgan fingerprint density at radius 2 is 1.44 bits per heavy atom. The predicted octanol–water partition coefficient (Wildman–Crippen LogP) is 7.42. The maximum Gasteiger partial charge on any atom is 0.313 e. The van der Waals surface area contributed by atoms with E-state index in [0.717, 1.165) is 5.57 Å². The van der Waals surface area contributed by atoms with Gasteiger partial charge in [0.25, 0.3) is 0 Å². The molecule has 0 bridgehead atoms. The fraction of sp³-hybridized carbons (Fsp3) is 0.781. The Balaban J connectivity index is 3.79. The third-order valence-electron chi connectivity index (χ3n) is 9.33. The lowest BCUT2D eigenvalue weighted by atomic mass is 9.83. The molecule has 0 saturated heterocycles. The molecule has 1 heterocycles. The Hall–Kier alpha value is -1.40. The monoisotopic (exact) mass is 610 g/mol. The second-order valence-corrected chi connectivity index (χ2v) is 24.4. The van der Waals surface area contributed by atoms with Crippen LogP contribution >= 0.6 is 0 Å². The largest absolute Gasteiger partial charge is 0.457 e. The van der Waals surface area contributed by atoms with Crippen LogP contribution in [0.2, 0.25) is 36.3 Å². The summed E-state index contributed by atoms with van der Waals surface area (Å²) in [6.07, 6.45) is 4.08. The van der Waals surface area contributed by atoms with Crippen LogP contribution in [0.1, 0.15) is 81.6 Å². The lowest BCUT2D eigenvalue weighted by molar-refractivity contribution is -0.149. The fourth-order valence-electron chi connectivity index (χ4n) is 4.59. The van der Waals surface area contributed by atoms with Crippen molar-refractivity contribution in [2.75, 3.05) is 7.11 Å². The smallest absolute Gasteiger partial charge is 0.313 e. The van der Waals surface area contributed by atoms with Crippen LogP contribution in [0, 0.1) is 11.8 Å². The molecule has 0 aromatic heterocycles. The topological polar surface area (TPSA) is 88.1 Å². The highest BCUT2D eigenvalue weighted by atomic mass is 28.4. The molecule has 9 heteroatoms. The van der Waals surface area contributed by atoms with E-state index in [0.29, 0.717) is 12.7 Å². The average molecular weight is 611 g/mol. The molecule has 0 aliphatic carbocycles. The normalized spacial score (nSPS) is 30.0. The van der Waals surface area contributed by atoms with E-state index >= 15 is 0 Å². The molecule has 0 fully saturated rings. The van der Waals surface area contributed by atoms with Gasteiger partial charge in [0.05, 0.1) is 18.3 Å². The summed E-state index contributed by atoms with van der Waals surface area (Å²) in [5, 5.41) is -0.0877. The van der Waals surface area contributed by atoms with Crippen LogP contribution in [0.3, 0.4) is 0 Å². The van der Waals surface area contributed by atoms with Crippen molar-refractivity contribution in [1.82, 2.24) is 0 Å². The third kappa shape index (κ3) is 11.0. The number of ether oxygens (including phenoxy) is 2. The lowest BCUT2D eigenvalue weighted by Crippen LogP contribution is -2.53. The molecule has 0 N–H and O–H groups in total. The van der Waals surface area contributed by atoms with Crippen LogP contribution in [0.15, 0.2) is 23.8 Å². The van der Waals surface area contributed by atoms with E-state index in [-0.39, 0.29) is 52.7 Å². The van der Waals surface area contributed by atoms with E-state index < -0.39 is 34.8 Å². The van der Waals surface area contributed by atoms with Gasteiger partial charge in [0, 0.05) is 31.8 Å². The Labute approximate surface area is 252 Å². The summed E-state index contributed by atoms with van der Waals surface area (Å²) in [6.45, 7) is 28.3. The molecule has 7 nitrogen and oxygen atoms in total. The summed E-state index contributed by atoms with van der Waals surface area (Å²) < 4.78 is 25.8. The van der Waals surface area contributed by atoms with Gasteiger partial charge in [0.2, 0.25) is 0 Å². The number of hydrogen-bond acceptors (Lipinski definition) is 7. The quantitative estimate of drug-likeness (QED) is 0.0740. The van der Waals surface area contributed by atoms with Crippen molar-refractivity contribution >= 4 is 34.7 Å². The number of methoxy groups -OCH3 is 1. The first-order valence-electron chi connectivity index (χ1n) is 14.9. The molecule has 0 aromatic rings. The van der Waals surface area contributed by atoms with E-state index in [1.807, 2.05) is 6.92 Å². The Kier molecular flexibility index (Phi) is 13.6. The number of rotatable bonds is 7. The van der Waals surface area contributed by atoms with Crippen LogP contribution in [-0.2, 0) is 32.7 Å². The van der Waals surface area contributed by atoms with Crippen LogP contribution in [0.25, 0.3) is 0 Å². The number of allylic oxidation sites excluding steroid dienone is 1. The summed E-state index contributed by atoms with van der Waals surface area (Å²) >= 11 is 0. The van der Waals surface area contributed by atoms with E-state index in [9.17, 15) is 14.4 Å². The van der Waals surface area contributed by atoms with Crippen LogP contribution in [0.4, 0.5) is 0 Å². The van der Waals surface area contributed by atoms with Gasteiger partial charge in [-0.3, -0.25) is 14.4 Å². The zero-order valence-electron chi connectivity index (χ0n) is 28.3. The minimum Gasteiger partial charge on any atom is -0.457 e. The number of hydrogen-bond donors (Lipinski definition) is 0. The fourth-order valence-corrected chi connectivity index (χ4v) is 7.46. The second-order valence-electron chi connectivity index (χ2n) is 14.9. The van der Waals surface area contributed by atoms with E-state index in [1.54, 1.807) is 13.2 Å². The van der Waals surface area contributed by atoms with Crippen molar-refractivity contribution in [3.05, 3.63) is 23.8 Å². The predicted molar refractivity (Wildman–Crippen MR) is 171 cm³/mol. The standard InChI is InChI=1S/C32H58O7Si2/c1-22-18-26(16-15-17-33)37-29(35)21-25(34)20-28(38-40(11,12)31(4,5)6)24(3)30(23(2)27(19-22)36-10)39-41(13,14)32(7,8)9/h15-17,19,23-24,26-28,30H,18,20-21H2,1-14H3/b16-15+,22-19+/t23-,24-,26+,27-,28+,30+/m1/s1. The van der Waals surface area contributed by atoms with Crippen molar-refractivity contribution in [1.29, 1.82) is 0 Å². The number of carbonyl (C=O) groups excluding carboxylic acids is 3. The summed E-state index contributed by atoms with van der Waals surface area (Å²) in [7, 11) is -2.85. The molecule has 0 aromatic carbocycles. The zero-order chi connectivity index (χ0) is 32.0. The van der Waals surface area contributed by atoms with Crippen LogP contribution in [-0.4, -0.2) is 66.2 Å². The summed E-state index contributed by atoms with van der Waals surface area (Å²) in [4.78, 5) is 37.2. The molecule has 1 aliphatic heterocycles. The molecule has 0 unspecified atom stereocenters. The molecular formula is C32H58O7Si2. The first-order valence-corrected chi connectivity index (χ1v) is 20.8. The maximum absolute atomic E-state index is 13.4. The number of cyclic esters (lactones) is 1. The number of ketones is 1. The van der Waals surface area contributed by atoms with Crippen molar-refractivity contribution in [3.63, 3.8) is 0 Å². The van der Waals surface area contributed by atoms with Crippen LogP contribution < -0.4 is 0 Å². The minimum atomic E-state index is -2.30. The molecule has 0 amide bonds. The van der Waals surface area contributed by atoms with Gasteiger partial charge in [-0.1, -0.05) is 67.0 Å². The van der Waals surface area contributed by atoms with Crippen molar-refractivity contribution in [3.8, 4) is 0 Å². The van der Waals surface area contributed by atoms with Gasteiger partial charge >= 0.3 is 5.97 Å². The van der Waals surface area contributed by atoms with E-state index in [2.05, 4.69) is 87.7 Å². The number of Topliss-reactive ketones (excluding diaryl/α,β-unsaturated/α-hetero) is 1. The highest BCUT2D eigenvalue weighted by Crippen LogP contribution is 2.43. The second kappa shape index (κ2) is 14.9. The van der Waals surface area contributed by atoms with Gasteiger partial charge in [0.1, 0.15) is 24.6 Å². The summed E-state index contributed by atoms with van der Waals surface area (Å²) in [5.74, 6) is -1.04. The Morgan fingerprint density at radius 1 is 0.902 bits per heavy atom. The number of carbonyl (C=O) groups is 3. The molecule has 0 radical (unpaired) electrons. The highest BCUT2D eigenvalue weighted by molar-refractivity contribution is 6.74. The molecule has 0 spiro atoms. The Morgan fingerprint density at radius 3 is 1.93 bits per heavy atom. The third-order valence-corrected chi connectivity index (χ3v) is 18.3. The first-order chi connectivity index (χ1) is 18.6. The van der Waals surface area contributed by atoms with Crippen LogP contribution in [0.5, 0.6) is 0 Å². The summed E-state index contributed by atoms with van der Waals surface area (Å²) in [6, 6.07) is 0. The molecule has 236 valence electrons. The molecular weight excluding hydrogens is 553 g/mol. The number of aldehydes is 1. The van der Waals surface area contributed by atoms with Gasteiger partial charge in [-0.25, -0.2) is 0 Å². The average Bonchev–Trinajstić information content (AvgIpc) is 2.80. The highest BCUT2D eigenvalue weighted by Gasteiger charge is 2.47. The SMILES string of the molecule is CO[C@@H]1/C=C(\C)C[C@H](/C=C/C=O)OC(=O)CC(=O)C[C@H](O[Si](C)(C)C(C)(C)C)[C@@H](C)[C@@H](O[Si](C)(C)C(C)(C)C)[C@@H]1C. The molecule has 1 aliphatic rings. The van der Waals surface area contributed by atoms with Gasteiger partial charge in [-0.2, -0.15) is 0 Å². The Bertz CT molecular complexity index is 956. The molecule has 1 rings (SSSR count). The molecule has 6 atom stereocenters. The first kappa shape index (κ1) is 37.6. The van der Waals surface area contributed by atoms with Gasteiger partial charge in [-0.05, 0) is 55.3 Å². The molecule has 41 heavy (non-hydrogen) atoms. The minimum absolute atomic E-state index is 0.0205. The van der Waals surface area contributed by atoms with E-state index in [4.69, 9.17) is 18.3 Å². The zero-order valence-corrected chi connectivity index (χ0v) is 30.3. The summed E-state index contributed by atoms with van der Waals surface area (Å²) in [5.41, 5.74) is 0.952. The van der Waals surface area contributed by atoms with Gasteiger partial charge < -0.3 is 18.3 Å². The van der Waals surface area contributed by atoms with E-state index in [1.165, 1.54) is 6.08 Å². The maximum atomic E-state index is 13.4. The van der Waals surface area contributed by atoms with Gasteiger partial charge in [-0.15, -0.1) is 0 Å². The van der Waals surface area contributed by atoms with Crippen molar-refractivity contribution in [2.45, 2.75) is 142 Å². The molecule has 0 saturated carbocycles. The lowest BCUT2D eigenvalue weighted by Gasteiger charge is -2.47. The number of esters is 1. The van der Waals surface area contributed by atoms with Crippen molar-refractivity contribution < 1.29 is 32.7 Å². The van der Waals surface area contributed by atoms with Gasteiger partial charge in [0.15, 0.2) is 16.6 Å². The van der Waals surface area contributed by atoms with Crippen molar-refractivity contribution in [2.24, 2.45) is 11.8 Å².